The van der Waals surface area contributed by atoms with Crippen molar-refractivity contribution in [2.45, 2.75) is 63.7 Å². The number of aliphatic carboxylic acids is 1. The Morgan fingerprint density at radius 1 is 0.919 bits per heavy atom. The number of amides is 4. The lowest BCUT2D eigenvalue weighted by Gasteiger charge is -2.27. The predicted octanol–water partition coefficient (Wildman–Crippen LogP) is -0.524. The van der Waals surface area contributed by atoms with Crippen molar-refractivity contribution in [3.63, 3.8) is 0 Å². The highest BCUT2D eigenvalue weighted by molar-refractivity contribution is 7.98. The molecule has 0 fully saturated rings. The molecule has 0 aliphatic rings. The van der Waals surface area contributed by atoms with Crippen LogP contribution in [0.1, 0.15) is 38.7 Å². The highest BCUT2D eigenvalue weighted by Crippen LogP contribution is 2.12. The second-order valence-corrected chi connectivity index (χ2v) is 9.94. The molecule has 9 N–H and O–H groups in total. The quantitative estimate of drug-likeness (QED) is 0.144. The molecule has 0 heterocycles. The minimum atomic E-state index is -1.25. The van der Waals surface area contributed by atoms with Gasteiger partial charge in [-0.25, -0.2) is 4.79 Å². The van der Waals surface area contributed by atoms with Gasteiger partial charge < -0.3 is 37.6 Å². The summed E-state index contributed by atoms with van der Waals surface area (Å²) in [7, 11) is 0. The van der Waals surface area contributed by atoms with Crippen LogP contribution in [0.2, 0.25) is 0 Å². The highest BCUT2D eigenvalue weighted by atomic mass is 32.2. The fourth-order valence-corrected chi connectivity index (χ4v) is 3.83. The van der Waals surface area contributed by atoms with Crippen LogP contribution in [0.25, 0.3) is 0 Å². The van der Waals surface area contributed by atoms with Gasteiger partial charge in [0, 0.05) is 6.42 Å². The largest absolute Gasteiger partial charge is 0.508 e. The molecule has 0 bridgehead atoms. The summed E-state index contributed by atoms with van der Waals surface area (Å²) in [5.41, 5.74) is 11.9. The average molecular weight is 540 g/mol. The van der Waals surface area contributed by atoms with Gasteiger partial charge in [-0.05, 0) is 54.9 Å². The number of carbonyl (C=O) groups is 5. The molecule has 1 rings (SSSR count). The Balaban J connectivity index is 2.94. The third-order valence-corrected chi connectivity index (χ3v) is 6.16. The van der Waals surface area contributed by atoms with Crippen LogP contribution >= 0.6 is 11.8 Å². The molecular weight excluding hydrogens is 502 g/mol. The number of rotatable bonds is 16. The van der Waals surface area contributed by atoms with Gasteiger partial charge in [-0.15, -0.1) is 0 Å². The molecule has 0 aromatic heterocycles. The number of primary amides is 1. The first-order chi connectivity index (χ1) is 17.3. The van der Waals surface area contributed by atoms with E-state index < -0.39 is 59.7 Å². The van der Waals surface area contributed by atoms with Gasteiger partial charge in [-0.1, -0.05) is 26.0 Å². The molecule has 1 aromatic carbocycles. The van der Waals surface area contributed by atoms with Gasteiger partial charge in [-0.3, -0.25) is 19.2 Å². The summed E-state index contributed by atoms with van der Waals surface area (Å²) in [6.45, 7) is 3.38. The second-order valence-electron chi connectivity index (χ2n) is 8.95. The number of nitrogens with two attached hydrogens (primary N) is 2. The number of carbonyl (C=O) groups excluding carboxylic acids is 4. The van der Waals surface area contributed by atoms with Gasteiger partial charge in [0.05, 0.1) is 6.04 Å². The number of nitrogens with one attached hydrogen (secondary N) is 3. The van der Waals surface area contributed by atoms with E-state index in [1.807, 2.05) is 0 Å². The molecular formula is C24H37N5O7S. The molecule has 4 amide bonds. The van der Waals surface area contributed by atoms with Crippen molar-refractivity contribution in [3.8, 4) is 5.75 Å². The summed E-state index contributed by atoms with van der Waals surface area (Å²) < 4.78 is 0. The Morgan fingerprint density at radius 2 is 1.51 bits per heavy atom. The summed E-state index contributed by atoms with van der Waals surface area (Å²) in [6.07, 6.45) is 1.75. The number of phenols is 1. The Morgan fingerprint density at radius 3 is 2.03 bits per heavy atom. The molecule has 0 spiro atoms. The topological polar surface area (TPSA) is 214 Å². The van der Waals surface area contributed by atoms with Crippen LogP contribution in [0.15, 0.2) is 24.3 Å². The second kappa shape index (κ2) is 15.7. The van der Waals surface area contributed by atoms with E-state index in [0.717, 1.165) is 0 Å². The van der Waals surface area contributed by atoms with Crippen LogP contribution in [0.3, 0.4) is 0 Å². The molecule has 0 aliphatic carbocycles. The lowest BCUT2D eigenvalue weighted by atomic mass is 10.00. The van der Waals surface area contributed by atoms with Crippen molar-refractivity contribution in [1.29, 1.82) is 0 Å². The number of benzene rings is 1. The van der Waals surface area contributed by atoms with Gasteiger partial charge in [0.2, 0.25) is 23.6 Å². The number of hydrogen-bond acceptors (Lipinski definition) is 8. The highest BCUT2D eigenvalue weighted by Gasteiger charge is 2.31. The summed E-state index contributed by atoms with van der Waals surface area (Å²) >= 11 is 1.42. The molecule has 1 aromatic rings. The van der Waals surface area contributed by atoms with Crippen molar-refractivity contribution in [3.05, 3.63) is 29.8 Å². The summed E-state index contributed by atoms with van der Waals surface area (Å²) in [5, 5.41) is 26.3. The number of carboxylic acids is 1. The lowest BCUT2D eigenvalue weighted by molar-refractivity contribution is -0.142. The van der Waals surface area contributed by atoms with Crippen LogP contribution in [-0.2, 0) is 30.4 Å². The first-order valence-corrected chi connectivity index (χ1v) is 13.2. The fraction of sp³-hybridized carbons (Fsp3) is 0.542. The molecule has 37 heavy (non-hydrogen) atoms. The number of hydrogen-bond donors (Lipinski definition) is 7. The van der Waals surface area contributed by atoms with E-state index in [4.69, 9.17) is 11.5 Å². The van der Waals surface area contributed by atoms with Crippen molar-refractivity contribution in [2.75, 3.05) is 12.0 Å². The monoisotopic (exact) mass is 539 g/mol. The first-order valence-electron chi connectivity index (χ1n) is 11.8. The molecule has 13 heteroatoms. The third-order valence-electron chi connectivity index (χ3n) is 5.51. The number of thioether (sulfide) groups is 1. The van der Waals surface area contributed by atoms with Gasteiger partial charge >= 0.3 is 5.97 Å². The summed E-state index contributed by atoms with van der Waals surface area (Å²) in [5.74, 6) is -3.81. The predicted molar refractivity (Wildman–Crippen MR) is 139 cm³/mol. The number of phenolic OH excluding ortho intramolecular Hbond substituents is 1. The van der Waals surface area contributed by atoms with Gasteiger partial charge in [0.1, 0.15) is 23.9 Å². The molecule has 206 valence electrons. The van der Waals surface area contributed by atoms with Crippen LogP contribution < -0.4 is 27.4 Å². The van der Waals surface area contributed by atoms with E-state index in [0.29, 0.717) is 11.3 Å². The smallest absolute Gasteiger partial charge is 0.326 e. The van der Waals surface area contributed by atoms with E-state index in [1.54, 1.807) is 32.2 Å². The van der Waals surface area contributed by atoms with E-state index >= 15 is 0 Å². The Labute approximate surface area is 220 Å². The zero-order valence-electron chi connectivity index (χ0n) is 21.2. The minimum absolute atomic E-state index is 0.0761. The van der Waals surface area contributed by atoms with E-state index in [-0.39, 0.29) is 31.4 Å². The van der Waals surface area contributed by atoms with Crippen LogP contribution in [-0.4, -0.2) is 76.0 Å². The van der Waals surface area contributed by atoms with E-state index in [9.17, 15) is 34.2 Å². The molecule has 0 aliphatic heterocycles. The van der Waals surface area contributed by atoms with Crippen LogP contribution in [0.5, 0.6) is 5.75 Å². The third kappa shape index (κ3) is 11.5. The SMILES string of the molecule is CSCCC(NC(=O)C(CCC(N)=O)NC(=O)C(NC(=O)C(N)Cc1ccc(O)cc1)C(C)C)C(=O)O. The van der Waals surface area contributed by atoms with Gasteiger partial charge in [-0.2, -0.15) is 11.8 Å². The zero-order valence-corrected chi connectivity index (χ0v) is 22.0. The molecule has 0 saturated heterocycles. The molecule has 4 atom stereocenters. The fourth-order valence-electron chi connectivity index (χ4n) is 3.36. The number of carboxylic acid groups (broad SMARTS) is 1. The maximum atomic E-state index is 13.1. The first kappa shape index (κ1) is 31.7. The molecule has 0 saturated carbocycles. The van der Waals surface area contributed by atoms with Gasteiger partial charge in [0.15, 0.2) is 0 Å². The maximum Gasteiger partial charge on any atom is 0.326 e. The average Bonchev–Trinajstić information content (AvgIpc) is 2.83. The molecule has 0 radical (unpaired) electrons. The lowest BCUT2D eigenvalue weighted by Crippen LogP contribution is -2.58. The number of aromatic hydroxyl groups is 1. The van der Waals surface area contributed by atoms with E-state index in [1.165, 1.54) is 23.9 Å². The van der Waals surface area contributed by atoms with Crippen molar-refractivity contribution >= 4 is 41.4 Å². The van der Waals surface area contributed by atoms with Crippen LogP contribution in [0.4, 0.5) is 0 Å². The van der Waals surface area contributed by atoms with Gasteiger partial charge in [0.25, 0.3) is 0 Å². The molecule has 12 nitrogen and oxygen atoms in total. The standard InChI is InChI=1S/C24H37N5O7S/c1-13(2)20(29-21(32)16(25)12-14-4-6-15(30)7-5-14)23(34)27-17(8-9-19(26)31)22(33)28-18(24(35)36)10-11-37-3/h4-7,13,16-18,20,30H,8-12,25H2,1-3H3,(H2,26,31)(H,27,34)(H,28,33)(H,29,32)(H,35,36). The molecule has 4 unspecified atom stereocenters. The summed E-state index contributed by atoms with van der Waals surface area (Å²) in [4.78, 5) is 61.5. The Hall–Kier alpha value is -3.32. The minimum Gasteiger partial charge on any atom is -0.508 e. The van der Waals surface area contributed by atoms with E-state index in [2.05, 4.69) is 16.0 Å². The zero-order chi connectivity index (χ0) is 28.1. The van der Waals surface area contributed by atoms with Crippen molar-refractivity contribution in [1.82, 2.24) is 16.0 Å². The maximum absolute atomic E-state index is 13.1. The van der Waals surface area contributed by atoms with Crippen molar-refractivity contribution in [2.24, 2.45) is 17.4 Å². The van der Waals surface area contributed by atoms with Crippen LogP contribution in [0, 0.1) is 5.92 Å². The summed E-state index contributed by atoms with van der Waals surface area (Å²) in [6, 6.07) is 1.72. The van der Waals surface area contributed by atoms with Crippen molar-refractivity contribution < 1.29 is 34.2 Å². The Kier molecular flexibility index (Phi) is 13.5. The Bertz CT molecular complexity index is 942. The normalized spacial score (nSPS) is 14.2.